The lowest BCUT2D eigenvalue weighted by atomic mass is 10.1. The van der Waals surface area contributed by atoms with E-state index in [-0.39, 0.29) is 18.1 Å². The third kappa shape index (κ3) is 2.88. The van der Waals surface area contributed by atoms with Crippen molar-refractivity contribution < 1.29 is 9.53 Å². The van der Waals surface area contributed by atoms with Gasteiger partial charge in [0.05, 0.1) is 29.7 Å². The number of aromatic nitrogens is 2. The molecule has 6 nitrogen and oxygen atoms in total. The molecule has 1 saturated heterocycles. The largest absolute Gasteiger partial charge is 0.380 e. The molecule has 2 atom stereocenters. The summed E-state index contributed by atoms with van der Waals surface area (Å²) in [7, 11) is 3.62. The fourth-order valence-electron chi connectivity index (χ4n) is 2.85. The van der Waals surface area contributed by atoms with E-state index in [0.29, 0.717) is 12.1 Å². The Morgan fingerprint density at radius 2 is 2.18 bits per heavy atom. The SMILES string of the molecule is CO[C@H]1C[C@@H](C(=O)Nc2cn[nH]c2-c2ccccc2)N(C)C1. The van der Waals surface area contributed by atoms with Gasteiger partial charge in [0.15, 0.2) is 0 Å². The third-order valence-electron chi connectivity index (χ3n) is 4.11. The van der Waals surface area contributed by atoms with Crippen molar-refractivity contribution in [2.45, 2.75) is 18.6 Å². The summed E-state index contributed by atoms with van der Waals surface area (Å²) in [5.41, 5.74) is 2.51. The summed E-state index contributed by atoms with van der Waals surface area (Å²) in [6.07, 6.45) is 2.46. The van der Waals surface area contributed by atoms with E-state index in [9.17, 15) is 4.79 Å². The molecule has 0 radical (unpaired) electrons. The standard InChI is InChI=1S/C16H20N4O2/c1-20-10-12(22-2)8-14(20)16(21)18-13-9-17-19-15(13)11-6-4-3-5-7-11/h3-7,9,12,14H,8,10H2,1-2H3,(H,17,19)(H,18,21)/t12-,14-/m0/s1. The van der Waals surface area contributed by atoms with Crippen LogP contribution < -0.4 is 5.32 Å². The molecule has 22 heavy (non-hydrogen) atoms. The first-order valence-electron chi connectivity index (χ1n) is 7.31. The third-order valence-corrected chi connectivity index (χ3v) is 4.11. The Bertz CT molecular complexity index is 641. The van der Waals surface area contributed by atoms with E-state index < -0.39 is 0 Å². The monoisotopic (exact) mass is 300 g/mol. The highest BCUT2D eigenvalue weighted by atomic mass is 16.5. The van der Waals surface area contributed by atoms with E-state index in [0.717, 1.165) is 17.8 Å². The van der Waals surface area contributed by atoms with Gasteiger partial charge >= 0.3 is 0 Å². The minimum atomic E-state index is -0.177. The van der Waals surface area contributed by atoms with Crippen LogP contribution in [0.2, 0.25) is 0 Å². The summed E-state index contributed by atoms with van der Waals surface area (Å²) in [6, 6.07) is 9.64. The molecular formula is C16H20N4O2. The fraction of sp³-hybridized carbons (Fsp3) is 0.375. The van der Waals surface area contributed by atoms with Crippen molar-refractivity contribution in [2.24, 2.45) is 0 Å². The summed E-state index contributed by atoms with van der Waals surface area (Å²) in [4.78, 5) is 14.5. The average molecular weight is 300 g/mol. The Kier molecular flexibility index (Phi) is 4.22. The first-order valence-corrected chi connectivity index (χ1v) is 7.31. The van der Waals surface area contributed by atoms with E-state index in [2.05, 4.69) is 15.5 Å². The van der Waals surface area contributed by atoms with Crippen LogP contribution in [0.4, 0.5) is 5.69 Å². The van der Waals surface area contributed by atoms with Crippen LogP contribution >= 0.6 is 0 Å². The normalized spacial score (nSPS) is 21.9. The van der Waals surface area contributed by atoms with Crippen LogP contribution in [0.3, 0.4) is 0 Å². The van der Waals surface area contributed by atoms with Crippen LogP contribution in [0.25, 0.3) is 11.3 Å². The maximum Gasteiger partial charge on any atom is 0.241 e. The van der Waals surface area contributed by atoms with Gasteiger partial charge in [0.1, 0.15) is 0 Å². The minimum absolute atomic E-state index is 0.0272. The molecule has 2 heterocycles. The number of benzene rings is 1. The molecule has 2 aromatic rings. The van der Waals surface area contributed by atoms with Crippen molar-refractivity contribution in [3.63, 3.8) is 0 Å². The van der Waals surface area contributed by atoms with Gasteiger partial charge < -0.3 is 10.1 Å². The molecule has 1 aromatic carbocycles. The first kappa shape index (κ1) is 14.7. The maximum absolute atomic E-state index is 12.5. The topological polar surface area (TPSA) is 70.2 Å². The van der Waals surface area contributed by atoms with Crippen LogP contribution in [-0.4, -0.2) is 53.9 Å². The number of amides is 1. The van der Waals surface area contributed by atoms with Gasteiger partial charge in [-0.15, -0.1) is 0 Å². The Morgan fingerprint density at radius 1 is 1.41 bits per heavy atom. The molecule has 3 rings (SSSR count). The molecule has 0 saturated carbocycles. The quantitative estimate of drug-likeness (QED) is 0.902. The summed E-state index contributed by atoms with van der Waals surface area (Å²) in [6.45, 7) is 0.769. The average Bonchev–Trinajstić information content (AvgIpc) is 3.14. The lowest BCUT2D eigenvalue weighted by Gasteiger charge is -2.18. The number of carbonyl (C=O) groups is 1. The number of carbonyl (C=O) groups excluding carboxylic acids is 1. The molecule has 1 amide bonds. The molecule has 6 heteroatoms. The summed E-state index contributed by atoms with van der Waals surface area (Å²) in [5.74, 6) is -0.0272. The molecule has 2 N–H and O–H groups in total. The smallest absolute Gasteiger partial charge is 0.241 e. The zero-order valence-corrected chi connectivity index (χ0v) is 12.7. The molecule has 0 spiro atoms. The molecule has 1 fully saturated rings. The number of hydrogen-bond acceptors (Lipinski definition) is 4. The van der Waals surface area contributed by atoms with Crippen molar-refractivity contribution in [3.8, 4) is 11.3 Å². The van der Waals surface area contributed by atoms with Gasteiger partial charge in [0.2, 0.25) is 5.91 Å². The highest BCUT2D eigenvalue weighted by molar-refractivity contribution is 5.97. The van der Waals surface area contributed by atoms with E-state index >= 15 is 0 Å². The van der Waals surface area contributed by atoms with Crippen molar-refractivity contribution in [1.82, 2.24) is 15.1 Å². The van der Waals surface area contributed by atoms with Gasteiger partial charge in [-0.05, 0) is 13.5 Å². The molecule has 1 aromatic heterocycles. The highest BCUT2D eigenvalue weighted by Gasteiger charge is 2.34. The Balaban J connectivity index is 1.75. The van der Waals surface area contributed by atoms with E-state index in [1.165, 1.54) is 0 Å². The number of likely N-dealkylation sites (tertiary alicyclic amines) is 1. The predicted molar refractivity (Wildman–Crippen MR) is 84.5 cm³/mol. The van der Waals surface area contributed by atoms with Crippen LogP contribution in [0.15, 0.2) is 36.5 Å². The number of methoxy groups -OCH3 is 1. The lowest BCUT2D eigenvalue weighted by Crippen LogP contribution is -2.37. The predicted octanol–water partition coefficient (Wildman–Crippen LogP) is 1.73. The molecular weight excluding hydrogens is 280 g/mol. The zero-order valence-electron chi connectivity index (χ0n) is 12.7. The zero-order chi connectivity index (χ0) is 15.5. The highest BCUT2D eigenvalue weighted by Crippen LogP contribution is 2.26. The van der Waals surface area contributed by atoms with E-state index in [1.807, 2.05) is 42.3 Å². The van der Waals surface area contributed by atoms with E-state index in [1.54, 1.807) is 13.3 Å². The molecule has 0 aliphatic carbocycles. The number of H-pyrrole nitrogens is 1. The number of anilines is 1. The van der Waals surface area contributed by atoms with E-state index in [4.69, 9.17) is 4.74 Å². The van der Waals surface area contributed by atoms with Crippen molar-refractivity contribution in [3.05, 3.63) is 36.5 Å². The molecule has 1 aliphatic rings. The number of ether oxygens (including phenoxy) is 1. The van der Waals surface area contributed by atoms with Crippen LogP contribution in [0.1, 0.15) is 6.42 Å². The number of hydrogen-bond donors (Lipinski definition) is 2. The molecule has 0 bridgehead atoms. The minimum Gasteiger partial charge on any atom is -0.380 e. The second kappa shape index (κ2) is 6.29. The molecule has 1 aliphatic heterocycles. The second-order valence-electron chi connectivity index (χ2n) is 5.56. The van der Waals surface area contributed by atoms with Crippen LogP contribution in [-0.2, 0) is 9.53 Å². The number of likely N-dealkylation sites (N-methyl/N-ethyl adjacent to an activating group) is 1. The number of aromatic amines is 1. The van der Waals surface area contributed by atoms with Gasteiger partial charge in [-0.2, -0.15) is 5.10 Å². The van der Waals surface area contributed by atoms with Crippen molar-refractivity contribution >= 4 is 11.6 Å². The van der Waals surface area contributed by atoms with Gasteiger partial charge in [0, 0.05) is 19.2 Å². The van der Waals surface area contributed by atoms with Crippen molar-refractivity contribution in [2.75, 3.05) is 26.0 Å². The summed E-state index contributed by atoms with van der Waals surface area (Å²) >= 11 is 0. The Morgan fingerprint density at radius 3 is 2.86 bits per heavy atom. The Labute approximate surface area is 129 Å². The van der Waals surface area contributed by atoms with Crippen molar-refractivity contribution in [1.29, 1.82) is 0 Å². The van der Waals surface area contributed by atoms with Crippen LogP contribution in [0, 0.1) is 0 Å². The molecule has 116 valence electrons. The second-order valence-corrected chi connectivity index (χ2v) is 5.56. The number of nitrogens with zero attached hydrogens (tertiary/aromatic N) is 2. The van der Waals surface area contributed by atoms with Gasteiger partial charge in [-0.3, -0.25) is 14.8 Å². The Hall–Kier alpha value is -2.18. The van der Waals surface area contributed by atoms with Gasteiger partial charge in [-0.25, -0.2) is 0 Å². The first-order chi connectivity index (χ1) is 10.7. The lowest BCUT2D eigenvalue weighted by molar-refractivity contribution is -0.120. The maximum atomic E-state index is 12.5. The summed E-state index contributed by atoms with van der Waals surface area (Å²) in [5, 5.41) is 9.97. The number of rotatable bonds is 4. The fourth-order valence-corrected chi connectivity index (χ4v) is 2.85. The van der Waals surface area contributed by atoms with Crippen LogP contribution in [0.5, 0.6) is 0 Å². The van der Waals surface area contributed by atoms with Gasteiger partial charge in [0.25, 0.3) is 0 Å². The number of nitrogens with one attached hydrogen (secondary N) is 2. The molecule has 0 unspecified atom stereocenters. The summed E-state index contributed by atoms with van der Waals surface area (Å²) < 4.78 is 5.35. The van der Waals surface area contributed by atoms with Gasteiger partial charge in [-0.1, -0.05) is 30.3 Å².